The third kappa shape index (κ3) is 1.86. The van der Waals surface area contributed by atoms with Crippen molar-refractivity contribution >= 4 is 17.3 Å². The van der Waals surface area contributed by atoms with Crippen LogP contribution in [-0.4, -0.2) is 22.2 Å². The molecule has 1 amide bonds. The van der Waals surface area contributed by atoms with Crippen molar-refractivity contribution in [3.8, 4) is 0 Å². The number of anilines is 2. The number of nitrogens with two attached hydrogens (primary N) is 1. The van der Waals surface area contributed by atoms with Crippen molar-refractivity contribution in [1.82, 2.24) is 9.78 Å². The highest BCUT2D eigenvalue weighted by molar-refractivity contribution is 6.06. The van der Waals surface area contributed by atoms with E-state index in [0.29, 0.717) is 12.2 Å². The zero-order chi connectivity index (χ0) is 14.3. The normalized spacial score (nSPS) is 13.6. The maximum Gasteiger partial charge on any atom is 0.276 e. The summed E-state index contributed by atoms with van der Waals surface area (Å²) in [4.78, 5) is 14.5. The van der Waals surface area contributed by atoms with E-state index in [0.717, 1.165) is 35.5 Å². The standard InChI is InChI=1S/C15H18N4O/c1-3-10-9-14(18(2)17-10)15(20)19-8-7-11-12(16)5-4-6-13(11)19/h4-6,9H,3,7-8,16H2,1-2H3. The fraction of sp³-hybridized carbons (Fsp3) is 0.333. The Morgan fingerprint density at radius 2 is 2.25 bits per heavy atom. The molecule has 1 aromatic heterocycles. The third-order valence-corrected chi connectivity index (χ3v) is 3.82. The number of rotatable bonds is 2. The number of carbonyl (C=O) groups is 1. The third-order valence-electron chi connectivity index (χ3n) is 3.82. The van der Waals surface area contributed by atoms with E-state index in [9.17, 15) is 4.79 Å². The van der Waals surface area contributed by atoms with Gasteiger partial charge in [0, 0.05) is 30.5 Å². The molecule has 2 aromatic rings. The summed E-state index contributed by atoms with van der Waals surface area (Å²) in [5.74, 6) is -0.0101. The van der Waals surface area contributed by atoms with Crippen LogP contribution in [0.2, 0.25) is 0 Å². The zero-order valence-electron chi connectivity index (χ0n) is 11.8. The lowest BCUT2D eigenvalue weighted by Gasteiger charge is -2.17. The van der Waals surface area contributed by atoms with Crippen LogP contribution in [0.5, 0.6) is 0 Å². The van der Waals surface area contributed by atoms with Crippen molar-refractivity contribution in [1.29, 1.82) is 0 Å². The number of hydrogen-bond donors (Lipinski definition) is 1. The fourth-order valence-electron chi connectivity index (χ4n) is 2.71. The lowest BCUT2D eigenvalue weighted by molar-refractivity contribution is 0.0980. The highest BCUT2D eigenvalue weighted by atomic mass is 16.2. The van der Waals surface area contributed by atoms with Gasteiger partial charge in [-0.1, -0.05) is 13.0 Å². The first-order chi connectivity index (χ1) is 9.61. The van der Waals surface area contributed by atoms with E-state index in [-0.39, 0.29) is 5.91 Å². The van der Waals surface area contributed by atoms with E-state index < -0.39 is 0 Å². The van der Waals surface area contributed by atoms with Gasteiger partial charge in [0.1, 0.15) is 5.69 Å². The Kier molecular flexibility index (Phi) is 2.97. The summed E-state index contributed by atoms with van der Waals surface area (Å²) in [6, 6.07) is 7.59. The molecule has 5 heteroatoms. The molecule has 0 radical (unpaired) electrons. The Hall–Kier alpha value is -2.30. The number of aryl methyl sites for hydroxylation is 2. The van der Waals surface area contributed by atoms with Gasteiger partial charge in [-0.05, 0) is 31.0 Å². The van der Waals surface area contributed by atoms with Gasteiger partial charge < -0.3 is 10.6 Å². The number of hydrogen-bond acceptors (Lipinski definition) is 3. The van der Waals surface area contributed by atoms with E-state index in [2.05, 4.69) is 5.10 Å². The number of fused-ring (bicyclic) bond motifs is 1. The minimum absolute atomic E-state index is 0.0101. The first-order valence-corrected chi connectivity index (χ1v) is 6.84. The first-order valence-electron chi connectivity index (χ1n) is 6.84. The predicted octanol–water partition coefficient (Wildman–Crippen LogP) is 1.77. The van der Waals surface area contributed by atoms with Gasteiger partial charge in [-0.3, -0.25) is 9.48 Å². The number of carbonyl (C=O) groups excluding carboxylic acids is 1. The molecular weight excluding hydrogens is 252 g/mol. The smallest absolute Gasteiger partial charge is 0.276 e. The number of nitrogens with zero attached hydrogens (tertiary/aromatic N) is 3. The molecule has 5 nitrogen and oxygen atoms in total. The molecule has 0 atom stereocenters. The highest BCUT2D eigenvalue weighted by Gasteiger charge is 2.28. The van der Waals surface area contributed by atoms with Crippen LogP contribution in [0.4, 0.5) is 11.4 Å². The molecule has 2 heterocycles. The summed E-state index contributed by atoms with van der Waals surface area (Å²) in [6.45, 7) is 2.71. The van der Waals surface area contributed by atoms with Crippen LogP contribution < -0.4 is 10.6 Å². The monoisotopic (exact) mass is 270 g/mol. The van der Waals surface area contributed by atoms with E-state index in [1.54, 1.807) is 9.58 Å². The van der Waals surface area contributed by atoms with Gasteiger partial charge in [0.15, 0.2) is 0 Å². The number of amides is 1. The summed E-state index contributed by atoms with van der Waals surface area (Å²) in [5.41, 5.74) is 10.3. The van der Waals surface area contributed by atoms with E-state index in [1.165, 1.54) is 0 Å². The average molecular weight is 270 g/mol. The number of benzene rings is 1. The molecule has 0 saturated carbocycles. The van der Waals surface area contributed by atoms with Crippen LogP contribution in [-0.2, 0) is 19.9 Å². The Labute approximate surface area is 118 Å². The van der Waals surface area contributed by atoms with Crippen LogP contribution >= 0.6 is 0 Å². The molecule has 104 valence electrons. The second-order valence-corrected chi connectivity index (χ2v) is 5.05. The van der Waals surface area contributed by atoms with E-state index in [1.807, 2.05) is 38.2 Å². The summed E-state index contributed by atoms with van der Waals surface area (Å²) in [5, 5.41) is 4.34. The van der Waals surface area contributed by atoms with Crippen molar-refractivity contribution in [3.63, 3.8) is 0 Å². The molecule has 0 saturated heterocycles. The zero-order valence-corrected chi connectivity index (χ0v) is 11.8. The van der Waals surface area contributed by atoms with Crippen molar-refractivity contribution in [2.75, 3.05) is 17.2 Å². The molecule has 0 aliphatic carbocycles. The largest absolute Gasteiger partial charge is 0.398 e. The minimum Gasteiger partial charge on any atom is -0.398 e. The summed E-state index contributed by atoms with van der Waals surface area (Å²) in [7, 11) is 1.81. The molecule has 1 aliphatic rings. The SMILES string of the molecule is CCc1cc(C(=O)N2CCc3c(N)cccc32)n(C)n1. The second-order valence-electron chi connectivity index (χ2n) is 5.05. The Morgan fingerprint density at radius 1 is 1.45 bits per heavy atom. The van der Waals surface area contributed by atoms with E-state index >= 15 is 0 Å². The molecule has 1 aliphatic heterocycles. The minimum atomic E-state index is -0.0101. The van der Waals surface area contributed by atoms with Gasteiger partial charge in [0.2, 0.25) is 0 Å². The maximum absolute atomic E-state index is 12.7. The first kappa shape index (κ1) is 12.7. The topological polar surface area (TPSA) is 64.2 Å². The van der Waals surface area contributed by atoms with Crippen molar-refractivity contribution in [3.05, 3.63) is 41.2 Å². The van der Waals surface area contributed by atoms with Gasteiger partial charge in [-0.15, -0.1) is 0 Å². The molecule has 2 N–H and O–H groups in total. The Balaban J connectivity index is 1.97. The van der Waals surface area contributed by atoms with Gasteiger partial charge in [-0.2, -0.15) is 5.10 Å². The second kappa shape index (κ2) is 4.67. The summed E-state index contributed by atoms with van der Waals surface area (Å²) >= 11 is 0. The van der Waals surface area contributed by atoms with Gasteiger partial charge in [-0.25, -0.2) is 0 Å². The number of nitrogen functional groups attached to an aromatic ring is 1. The van der Waals surface area contributed by atoms with Gasteiger partial charge >= 0.3 is 0 Å². The molecule has 3 rings (SSSR count). The Morgan fingerprint density at radius 3 is 2.95 bits per heavy atom. The van der Waals surface area contributed by atoms with Crippen LogP contribution in [0.15, 0.2) is 24.3 Å². The molecule has 1 aromatic carbocycles. The van der Waals surface area contributed by atoms with Crippen molar-refractivity contribution in [2.24, 2.45) is 7.05 Å². The maximum atomic E-state index is 12.7. The molecule has 0 unspecified atom stereocenters. The molecule has 0 spiro atoms. The van der Waals surface area contributed by atoms with Crippen LogP contribution in [0.25, 0.3) is 0 Å². The Bertz CT molecular complexity index is 675. The molecule has 0 bridgehead atoms. The van der Waals surface area contributed by atoms with Crippen molar-refractivity contribution < 1.29 is 4.79 Å². The lowest BCUT2D eigenvalue weighted by Crippen LogP contribution is -2.30. The molecule has 20 heavy (non-hydrogen) atoms. The quantitative estimate of drug-likeness (QED) is 0.846. The van der Waals surface area contributed by atoms with Gasteiger partial charge in [0.25, 0.3) is 5.91 Å². The summed E-state index contributed by atoms with van der Waals surface area (Å²) in [6.07, 6.45) is 1.64. The lowest BCUT2D eigenvalue weighted by atomic mass is 10.1. The predicted molar refractivity (Wildman–Crippen MR) is 78.8 cm³/mol. The number of aromatic nitrogens is 2. The highest BCUT2D eigenvalue weighted by Crippen LogP contribution is 2.33. The molecule has 0 fully saturated rings. The molecular formula is C15H18N4O. The van der Waals surface area contributed by atoms with Crippen LogP contribution in [0.3, 0.4) is 0 Å². The van der Waals surface area contributed by atoms with Crippen molar-refractivity contribution in [2.45, 2.75) is 19.8 Å². The van der Waals surface area contributed by atoms with Gasteiger partial charge in [0.05, 0.1) is 5.69 Å². The average Bonchev–Trinajstić information content (AvgIpc) is 3.02. The fourth-order valence-corrected chi connectivity index (χ4v) is 2.71. The summed E-state index contributed by atoms with van der Waals surface area (Å²) < 4.78 is 1.66. The van der Waals surface area contributed by atoms with Crippen LogP contribution in [0, 0.1) is 0 Å². The van der Waals surface area contributed by atoms with Crippen LogP contribution in [0.1, 0.15) is 28.7 Å². The van der Waals surface area contributed by atoms with E-state index in [4.69, 9.17) is 5.73 Å².